The molecule has 1 saturated heterocycles. The van der Waals surface area contributed by atoms with E-state index in [1.54, 1.807) is 6.07 Å². The summed E-state index contributed by atoms with van der Waals surface area (Å²) in [6.45, 7) is 6.81. The van der Waals surface area contributed by atoms with E-state index in [2.05, 4.69) is 42.2 Å². The fourth-order valence-electron chi connectivity index (χ4n) is 5.73. The molecule has 0 bridgehead atoms. The molecular formula is C36H35ClN2O4. The summed E-state index contributed by atoms with van der Waals surface area (Å²) in [6, 6.07) is 26.0. The molecular weight excluding hydrogens is 560 g/mol. The van der Waals surface area contributed by atoms with Crippen LogP contribution in [0, 0.1) is 18.3 Å². The Bertz CT molecular complexity index is 1640. The molecule has 0 saturated carbocycles. The number of likely N-dealkylation sites (tertiary alicyclic amines) is 1. The first-order chi connectivity index (χ1) is 21.1. The van der Waals surface area contributed by atoms with Crippen LogP contribution in [0.25, 0.3) is 11.1 Å². The van der Waals surface area contributed by atoms with Crippen LogP contribution in [0.4, 0.5) is 0 Å². The normalized spacial score (nSPS) is 14.6. The van der Waals surface area contributed by atoms with Gasteiger partial charge in [0.25, 0.3) is 0 Å². The van der Waals surface area contributed by atoms with Gasteiger partial charge in [0, 0.05) is 12.1 Å². The lowest BCUT2D eigenvalue weighted by molar-refractivity contribution is 0.171. The number of fused-ring (bicyclic) bond motifs is 1. The van der Waals surface area contributed by atoms with E-state index in [1.165, 1.54) is 19.3 Å². The van der Waals surface area contributed by atoms with Gasteiger partial charge in [0.2, 0.25) is 0 Å². The van der Waals surface area contributed by atoms with Crippen molar-refractivity contribution in [1.82, 2.24) is 4.90 Å². The topological polar surface area (TPSA) is 64.0 Å². The Morgan fingerprint density at radius 3 is 2.49 bits per heavy atom. The Kier molecular flexibility index (Phi) is 9.02. The molecule has 2 aliphatic heterocycles. The number of piperidine rings is 1. The zero-order chi connectivity index (χ0) is 29.6. The Hall–Kier alpha value is -4.18. The number of hydrogen-bond acceptors (Lipinski definition) is 6. The number of halogens is 1. The second-order valence-electron chi connectivity index (χ2n) is 11.0. The van der Waals surface area contributed by atoms with Gasteiger partial charge in [-0.05, 0) is 91.0 Å². The fraction of sp³-hybridized carbons (Fsp3) is 0.306. The predicted octanol–water partition coefficient (Wildman–Crippen LogP) is 8.10. The summed E-state index contributed by atoms with van der Waals surface area (Å²) in [4.78, 5) is 2.45. The molecule has 0 unspecified atom stereocenters. The molecule has 4 aromatic carbocycles. The van der Waals surface area contributed by atoms with Gasteiger partial charge in [0.1, 0.15) is 42.9 Å². The molecule has 0 radical (unpaired) electrons. The van der Waals surface area contributed by atoms with Crippen LogP contribution in [0.3, 0.4) is 0 Å². The number of nitriles is 1. The predicted molar refractivity (Wildman–Crippen MR) is 168 cm³/mol. The first-order valence-corrected chi connectivity index (χ1v) is 15.2. The van der Waals surface area contributed by atoms with Crippen LogP contribution in [0.1, 0.15) is 47.1 Å². The van der Waals surface area contributed by atoms with Gasteiger partial charge in [0.05, 0.1) is 11.6 Å². The molecule has 6 rings (SSSR count). The van der Waals surface area contributed by atoms with Crippen LogP contribution >= 0.6 is 11.6 Å². The van der Waals surface area contributed by atoms with Crippen molar-refractivity contribution in [3.05, 3.63) is 106 Å². The molecule has 7 heteroatoms. The summed E-state index contributed by atoms with van der Waals surface area (Å²) in [5, 5.41) is 9.78. The van der Waals surface area contributed by atoms with Crippen LogP contribution in [-0.2, 0) is 19.8 Å². The highest BCUT2D eigenvalue weighted by Crippen LogP contribution is 2.40. The van der Waals surface area contributed by atoms with Crippen LogP contribution in [0.2, 0.25) is 5.02 Å². The maximum absolute atomic E-state index is 9.31. The molecule has 6 nitrogen and oxygen atoms in total. The summed E-state index contributed by atoms with van der Waals surface area (Å²) in [5.74, 6) is 2.76. The van der Waals surface area contributed by atoms with Crippen molar-refractivity contribution in [2.24, 2.45) is 0 Å². The summed E-state index contributed by atoms with van der Waals surface area (Å²) in [7, 11) is 0. The van der Waals surface area contributed by atoms with E-state index >= 15 is 0 Å². The molecule has 2 heterocycles. The third-order valence-corrected chi connectivity index (χ3v) is 8.47. The monoisotopic (exact) mass is 594 g/mol. The average Bonchev–Trinajstić information content (AvgIpc) is 3.05. The lowest BCUT2D eigenvalue weighted by atomic mass is 9.96. The van der Waals surface area contributed by atoms with Crippen molar-refractivity contribution in [3.8, 4) is 40.2 Å². The van der Waals surface area contributed by atoms with E-state index in [4.69, 9.17) is 30.5 Å². The highest BCUT2D eigenvalue weighted by Gasteiger charge is 2.20. The molecule has 0 spiro atoms. The number of nitrogens with zero attached hydrogens (tertiary/aromatic N) is 2. The van der Waals surface area contributed by atoms with E-state index in [0.29, 0.717) is 48.5 Å². The molecule has 1 fully saturated rings. The third kappa shape index (κ3) is 6.74. The summed E-state index contributed by atoms with van der Waals surface area (Å²) in [5.41, 5.74) is 6.93. The smallest absolute Gasteiger partial charge is 0.161 e. The van der Waals surface area contributed by atoms with Gasteiger partial charge in [-0.15, -0.1) is 0 Å². The van der Waals surface area contributed by atoms with Gasteiger partial charge in [0.15, 0.2) is 11.5 Å². The van der Waals surface area contributed by atoms with E-state index in [0.717, 1.165) is 64.5 Å². The number of hydrogen-bond donors (Lipinski definition) is 0. The number of ether oxygens (including phenoxy) is 4. The van der Waals surface area contributed by atoms with Crippen molar-refractivity contribution in [1.29, 1.82) is 5.26 Å². The Morgan fingerprint density at radius 1 is 0.837 bits per heavy atom. The summed E-state index contributed by atoms with van der Waals surface area (Å²) in [6.07, 6.45) is 3.69. The molecule has 0 amide bonds. The van der Waals surface area contributed by atoms with Gasteiger partial charge in [-0.3, -0.25) is 4.90 Å². The van der Waals surface area contributed by atoms with Gasteiger partial charge in [-0.1, -0.05) is 60.5 Å². The second kappa shape index (κ2) is 13.4. The van der Waals surface area contributed by atoms with E-state index < -0.39 is 0 Å². The summed E-state index contributed by atoms with van der Waals surface area (Å²) < 4.78 is 24.2. The lowest BCUT2D eigenvalue weighted by Gasteiger charge is -2.27. The third-order valence-electron chi connectivity index (χ3n) is 8.11. The first kappa shape index (κ1) is 28.9. The zero-order valence-corrected chi connectivity index (χ0v) is 25.2. The molecule has 2 aliphatic rings. The van der Waals surface area contributed by atoms with Crippen molar-refractivity contribution < 1.29 is 18.9 Å². The molecule has 0 N–H and O–H groups in total. The largest absolute Gasteiger partial charge is 0.487 e. The molecule has 220 valence electrons. The standard InChI is InChI=1S/C36H35ClN2O4/c1-25-30(9-6-10-31(25)28-11-13-32-34(20-28)41-18-17-40-32)24-42-33-14-12-29(22-39-15-3-2-4-16-39)36(35(33)37)43-23-27-8-5-7-26(19-27)21-38/h5-14,19-20H,2-4,15-18,22-24H2,1H3. The van der Waals surface area contributed by atoms with Gasteiger partial charge in [-0.2, -0.15) is 5.26 Å². The van der Waals surface area contributed by atoms with Crippen molar-refractivity contribution in [2.75, 3.05) is 26.3 Å². The van der Waals surface area contributed by atoms with Crippen molar-refractivity contribution in [3.63, 3.8) is 0 Å². The maximum Gasteiger partial charge on any atom is 0.161 e. The molecule has 0 aromatic heterocycles. The van der Waals surface area contributed by atoms with Crippen LogP contribution < -0.4 is 18.9 Å². The minimum absolute atomic E-state index is 0.308. The van der Waals surface area contributed by atoms with Crippen LogP contribution in [0.5, 0.6) is 23.0 Å². The zero-order valence-electron chi connectivity index (χ0n) is 24.4. The van der Waals surface area contributed by atoms with Gasteiger partial charge >= 0.3 is 0 Å². The second-order valence-corrected chi connectivity index (χ2v) is 11.4. The van der Waals surface area contributed by atoms with Crippen molar-refractivity contribution in [2.45, 2.75) is 45.9 Å². The Labute approximate surface area is 258 Å². The van der Waals surface area contributed by atoms with E-state index in [1.807, 2.05) is 42.5 Å². The highest BCUT2D eigenvalue weighted by molar-refractivity contribution is 6.33. The highest BCUT2D eigenvalue weighted by atomic mass is 35.5. The van der Waals surface area contributed by atoms with Crippen molar-refractivity contribution >= 4 is 11.6 Å². The van der Waals surface area contributed by atoms with Crippen LogP contribution in [0.15, 0.2) is 72.8 Å². The average molecular weight is 595 g/mol. The van der Waals surface area contributed by atoms with E-state index in [-0.39, 0.29) is 0 Å². The van der Waals surface area contributed by atoms with Gasteiger partial charge in [-0.25, -0.2) is 0 Å². The molecule has 0 atom stereocenters. The Morgan fingerprint density at radius 2 is 1.65 bits per heavy atom. The minimum Gasteiger partial charge on any atom is -0.487 e. The first-order valence-electron chi connectivity index (χ1n) is 14.9. The van der Waals surface area contributed by atoms with Gasteiger partial charge < -0.3 is 18.9 Å². The van der Waals surface area contributed by atoms with E-state index in [9.17, 15) is 5.26 Å². The molecule has 4 aromatic rings. The minimum atomic E-state index is 0.308. The summed E-state index contributed by atoms with van der Waals surface area (Å²) >= 11 is 7.01. The lowest BCUT2D eigenvalue weighted by Crippen LogP contribution is -2.29. The fourth-order valence-corrected chi connectivity index (χ4v) is 6.03. The molecule has 43 heavy (non-hydrogen) atoms. The Balaban J connectivity index is 1.23. The maximum atomic E-state index is 9.31. The quantitative estimate of drug-likeness (QED) is 0.195. The number of rotatable bonds is 9. The SMILES string of the molecule is Cc1c(COc2ccc(CN3CCCCC3)c(OCc3cccc(C#N)c3)c2Cl)cccc1-c1ccc2c(c1)OCCO2. The van der Waals surface area contributed by atoms with Crippen LogP contribution in [-0.4, -0.2) is 31.2 Å². The molecule has 0 aliphatic carbocycles. The number of benzene rings is 4.